The van der Waals surface area contributed by atoms with E-state index in [0.29, 0.717) is 6.10 Å². The van der Waals surface area contributed by atoms with E-state index in [-0.39, 0.29) is 6.10 Å². The molecule has 0 N–H and O–H groups in total. The van der Waals surface area contributed by atoms with Gasteiger partial charge in [0.25, 0.3) is 0 Å². The van der Waals surface area contributed by atoms with E-state index in [4.69, 9.17) is 18.0 Å². The fourth-order valence-corrected chi connectivity index (χ4v) is 3.11. The van der Waals surface area contributed by atoms with Crippen molar-refractivity contribution in [3.63, 3.8) is 0 Å². The summed E-state index contributed by atoms with van der Waals surface area (Å²) in [5.74, 6) is 0. The van der Waals surface area contributed by atoms with Crippen molar-refractivity contribution in [3.8, 4) is 0 Å². The Morgan fingerprint density at radius 3 is 1.83 bits per heavy atom. The summed E-state index contributed by atoms with van der Waals surface area (Å²) in [5, 5.41) is 0. The summed E-state index contributed by atoms with van der Waals surface area (Å²) in [4.78, 5) is 0. The highest BCUT2D eigenvalue weighted by molar-refractivity contribution is 6.60. The molecule has 0 radical (unpaired) electrons. The lowest BCUT2D eigenvalue weighted by atomic mass is 10.4. The molecular formula is C7H16O4Si. The monoisotopic (exact) mass is 192 g/mol. The van der Waals surface area contributed by atoms with E-state index >= 15 is 0 Å². The summed E-state index contributed by atoms with van der Waals surface area (Å²) in [6.45, 7) is 2.03. The number of rotatable bonds is 5. The van der Waals surface area contributed by atoms with Crippen LogP contribution >= 0.6 is 0 Å². The van der Waals surface area contributed by atoms with Crippen LogP contribution in [0, 0.1) is 0 Å². The molecule has 0 aromatic carbocycles. The van der Waals surface area contributed by atoms with Crippen molar-refractivity contribution in [1.29, 1.82) is 0 Å². The third-order valence-electron chi connectivity index (χ3n) is 2.22. The Hall–Kier alpha value is 0.0569. The maximum absolute atomic E-state index is 5.27. The Morgan fingerprint density at radius 2 is 1.58 bits per heavy atom. The Kier molecular flexibility index (Phi) is 3.25. The summed E-state index contributed by atoms with van der Waals surface area (Å²) in [6, 6.07) is 0.748. The molecular weight excluding hydrogens is 176 g/mol. The Labute approximate surface area is 74.1 Å². The van der Waals surface area contributed by atoms with Gasteiger partial charge in [-0.2, -0.15) is 0 Å². The average molecular weight is 192 g/mol. The van der Waals surface area contributed by atoms with E-state index in [1.54, 1.807) is 21.3 Å². The molecule has 1 fully saturated rings. The molecule has 1 heterocycles. The molecule has 0 saturated carbocycles. The highest BCUT2D eigenvalue weighted by Crippen LogP contribution is 2.30. The van der Waals surface area contributed by atoms with Gasteiger partial charge < -0.3 is 18.0 Å². The van der Waals surface area contributed by atoms with Gasteiger partial charge in [-0.05, 0) is 6.92 Å². The van der Waals surface area contributed by atoms with Crippen LogP contribution in [-0.4, -0.2) is 42.3 Å². The quantitative estimate of drug-likeness (QED) is 0.474. The summed E-state index contributed by atoms with van der Waals surface area (Å²) >= 11 is 0. The molecule has 72 valence electrons. The van der Waals surface area contributed by atoms with E-state index in [9.17, 15) is 0 Å². The van der Waals surface area contributed by atoms with Crippen LogP contribution in [0.25, 0.3) is 0 Å². The molecule has 1 saturated heterocycles. The van der Waals surface area contributed by atoms with Crippen molar-refractivity contribution in [2.24, 2.45) is 0 Å². The van der Waals surface area contributed by atoms with Crippen LogP contribution < -0.4 is 0 Å². The summed E-state index contributed by atoms with van der Waals surface area (Å²) < 4.78 is 21.0. The topological polar surface area (TPSA) is 40.2 Å². The molecule has 4 nitrogen and oxygen atoms in total. The Bertz CT molecular complexity index is 140. The van der Waals surface area contributed by atoms with E-state index in [2.05, 4.69) is 0 Å². The van der Waals surface area contributed by atoms with Gasteiger partial charge in [-0.25, -0.2) is 0 Å². The first-order valence-corrected chi connectivity index (χ1v) is 5.91. The normalized spacial score (nSPS) is 29.0. The Balaban J connectivity index is 2.41. The standard InChI is InChI=1S/C7H16O4Si/c1-6-7(11-6)5-12(8-2,9-3)10-4/h6-7H,5H2,1-4H3. The second-order valence-electron chi connectivity index (χ2n) is 2.88. The van der Waals surface area contributed by atoms with Crippen LogP contribution in [0.1, 0.15) is 6.92 Å². The lowest BCUT2D eigenvalue weighted by Crippen LogP contribution is -2.44. The summed E-state index contributed by atoms with van der Waals surface area (Å²) in [5.41, 5.74) is 0. The van der Waals surface area contributed by atoms with Gasteiger partial charge in [-0.15, -0.1) is 0 Å². The highest BCUT2D eigenvalue weighted by Gasteiger charge is 2.48. The molecule has 12 heavy (non-hydrogen) atoms. The molecule has 1 aliphatic rings. The number of hydrogen-bond donors (Lipinski definition) is 0. The minimum Gasteiger partial charge on any atom is -0.377 e. The lowest BCUT2D eigenvalue weighted by molar-refractivity contribution is 0.121. The van der Waals surface area contributed by atoms with Gasteiger partial charge in [0.1, 0.15) is 0 Å². The fraction of sp³-hybridized carbons (Fsp3) is 1.00. The zero-order valence-electron chi connectivity index (χ0n) is 7.99. The minimum atomic E-state index is -2.38. The van der Waals surface area contributed by atoms with Gasteiger partial charge in [-0.3, -0.25) is 0 Å². The van der Waals surface area contributed by atoms with Gasteiger partial charge in [0, 0.05) is 27.4 Å². The van der Waals surface area contributed by atoms with Crippen LogP contribution in [0.15, 0.2) is 0 Å². The van der Waals surface area contributed by atoms with Crippen LogP contribution in [0.4, 0.5) is 0 Å². The average Bonchev–Trinajstić information content (AvgIpc) is 2.78. The first-order chi connectivity index (χ1) is 5.67. The Morgan fingerprint density at radius 1 is 1.17 bits per heavy atom. The predicted molar refractivity (Wildman–Crippen MR) is 45.9 cm³/mol. The second kappa shape index (κ2) is 3.84. The zero-order chi connectivity index (χ0) is 9.19. The van der Waals surface area contributed by atoms with Gasteiger partial charge in [0.2, 0.25) is 0 Å². The largest absolute Gasteiger partial charge is 0.502 e. The molecule has 1 aliphatic heterocycles. The first-order valence-electron chi connectivity index (χ1n) is 3.98. The molecule has 2 atom stereocenters. The first kappa shape index (κ1) is 10.1. The van der Waals surface area contributed by atoms with E-state index in [1.807, 2.05) is 6.92 Å². The minimum absolute atomic E-state index is 0.261. The lowest BCUT2D eigenvalue weighted by Gasteiger charge is -2.23. The number of ether oxygens (including phenoxy) is 1. The fourth-order valence-electron chi connectivity index (χ4n) is 1.19. The molecule has 0 aliphatic carbocycles. The molecule has 0 bridgehead atoms. The van der Waals surface area contributed by atoms with Crippen molar-refractivity contribution in [1.82, 2.24) is 0 Å². The van der Waals surface area contributed by atoms with Crippen LogP contribution in [0.5, 0.6) is 0 Å². The smallest absolute Gasteiger partial charge is 0.377 e. The van der Waals surface area contributed by atoms with Crippen LogP contribution in [0.3, 0.4) is 0 Å². The highest BCUT2D eigenvalue weighted by atomic mass is 28.4. The molecule has 2 unspecified atom stereocenters. The van der Waals surface area contributed by atoms with Gasteiger partial charge >= 0.3 is 8.80 Å². The predicted octanol–water partition coefficient (Wildman–Crippen LogP) is 0.652. The summed E-state index contributed by atoms with van der Waals surface area (Å²) in [7, 11) is 2.47. The second-order valence-corrected chi connectivity index (χ2v) is 5.88. The molecule has 1 rings (SSSR count). The molecule has 0 aromatic rings. The van der Waals surface area contributed by atoms with E-state index in [0.717, 1.165) is 6.04 Å². The number of hydrogen-bond acceptors (Lipinski definition) is 4. The van der Waals surface area contributed by atoms with E-state index < -0.39 is 8.80 Å². The van der Waals surface area contributed by atoms with Crippen molar-refractivity contribution < 1.29 is 18.0 Å². The number of epoxide rings is 1. The van der Waals surface area contributed by atoms with Crippen molar-refractivity contribution >= 4 is 8.80 Å². The molecule has 0 amide bonds. The zero-order valence-corrected chi connectivity index (χ0v) is 8.99. The SMILES string of the molecule is CO[Si](CC1OC1C)(OC)OC. The van der Waals surface area contributed by atoms with Crippen molar-refractivity contribution in [3.05, 3.63) is 0 Å². The van der Waals surface area contributed by atoms with Gasteiger partial charge in [0.15, 0.2) is 0 Å². The summed E-state index contributed by atoms with van der Waals surface area (Å²) in [6.07, 6.45) is 0.592. The van der Waals surface area contributed by atoms with E-state index in [1.165, 1.54) is 0 Å². The van der Waals surface area contributed by atoms with Gasteiger partial charge in [-0.1, -0.05) is 0 Å². The van der Waals surface area contributed by atoms with Crippen LogP contribution in [0.2, 0.25) is 6.04 Å². The maximum Gasteiger partial charge on any atom is 0.502 e. The third-order valence-corrected chi connectivity index (χ3v) is 4.99. The van der Waals surface area contributed by atoms with Crippen molar-refractivity contribution in [2.45, 2.75) is 25.2 Å². The van der Waals surface area contributed by atoms with Gasteiger partial charge in [0.05, 0.1) is 12.2 Å². The third kappa shape index (κ3) is 2.05. The molecule has 0 aromatic heterocycles. The van der Waals surface area contributed by atoms with Crippen molar-refractivity contribution in [2.75, 3.05) is 21.3 Å². The maximum atomic E-state index is 5.27. The molecule has 5 heteroatoms. The van der Waals surface area contributed by atoms with Crippen LogP contribution in [-0.2, 0) is 18.0 Å². The molecule has 0 spiro atoms.